The van der Waals surface area contributed by atoms with Gasteiger partial charge in [-0.05, 0) is 25.1 Å². The summed E-state index contributed by atoms with van der Waals surface area (Å²) >= 11 is 5.88. The average molecular weight is 360 g/mol. The van der Waals surface area contributed by atoms with Crippen LogP contribution >= 0.6 is 11.6 Å². The number of amides is 1. The number of benzene rings is 2. The van der Waals surface area contributed by atoms with Gasteiger partial charge in [0.1, 0.15) is 0 Å². The molecule has 1 N–H and O–H groups in total. The topological polar surface area (TPSA) is 96.0 Å². The lowest BCUT2D eigenvalue weighted by Crippen LogP contribution is -2.43. The molecule has 0 bridgehead atoms. The monoisotopic (exact) mass is 359 g/mol. The van der Waals surface area contributed by atoms with Crippen LogP contribution in [0, 0.1) is 10.1 Å². The standard InChI is InChI=1S/C17H14ClN3O4/c1-11-10-17(23,13-5-7-14(18)8-6-13)20(19-11)16(22)12-3-2-4-15(9-12)21(24)25/h2-9,23H,10H2,1H3/t17-/m0/s1. The molecule has 2 aromatic rings. The smallest absolute Gasteiger partial charge is 0.277 e. The Kier molecular flexibility index (Phi) is 4.28. The van der Waals surface area contributed by atoms with E-state index in [9.17, 15) is 20.0 Å². The van der Waals surface area contributed by atoms with E-state index in [0.29, 0.717) is 16.3 Å². The molecule has 0 saturated heterocycles. The van der Waals surface area contributed by atoms with Crippen LogP contribution in [0.2, 0.25) is 5.02 Å². The van der Waals surface area contributed by atoms with Gasteiger partial charge in [0.05, 0.1) is 4.92 Å². The molecule has 0 aliphatic carbocycles. The molecule has 0 spiro atoms. The minimum absolute atomic E-state index is 0.0695. The summed E-state index contributed by atoms with van der Waals surface area (Å²) in [6, 6.07) is 11.8. The first-order valence-electron chi connectivity index (χ1n) is 7.43. The molecule has 1 aliphatic rings. The molecular formula is C17H14ClN3O4. The molecule has 1 atom stereocenters. The molecule has 0 aromatic heterocycles. The van der Waals surface area contributed by atoms with Crippen LogP contribution < -0.4 is 0 Å². The third-order valence-corrected chi connectivity index (χ3v) is 4.18. The van der Waals surface area contributed by atoms with Gasteiger partial charge in [0.2, 0.25) is 0 Å². The zero-order valence-corrected chi connectivity index (χ0v) is 14.0. The summed E-state index contributed by atoms with van der Waals surface area (Å²) in [6.07, 6.45) is 0.134. The van der Waals surface area contributed by atoms with E-state index in [1.165, 1.54) is 18.2 Å². The molecule has 0 unspecified atom stereocenters. The summed E-state index contributed by atoms with van der Waals surface area (Å²) < 4.78 is 0. The molecular weight excluding hydrogens is 346 g/mol. The van der Waals surface area contributed by atoms with E-state index >= 15 is 0 Å². The van der Waals surface area contributed by atoms with Crippen LogP contribution in [-0.4, -0.2) is 26.7 Å². The maximum absolute atomic E-state index is 12.8. The third kappa shape index (κ3) is 3.11. The van der Waals surface area contributed by atoms with Crippen molar-refractivity contribution < 1.29 is 14.8 Å². The molecule has 1 amide bonds. The largest absolute Gasteiger partial charge is 0.365 e. The number of carbonyl (C=O) groups is 1. The van der Waals surface area contributed by atoms with E-state index in [0.717, 1.165) is 11.1 Å². The molecule has 128 valence electrons. The van der Waals surface area contributed by atoms with Crippen molar-refractivity contribution in [3.63, 3.8) is 0 Å². The van der Waals surface area contributed by atoms with Crippen LogP contribution in [0.15, 0.2) is 53.6 Å². The fraction of sp³-hybridized carbons (Fsp3) is 0.176. The Balaban J connectivity index is 2.01. The maximum Gasteiger partial charge on any atom is 0.277 e. The highest BCUT2D eigenvalue weighted by Crippen LogP contribution is 2.37. The maximum atomic E-state index is 12.8. The molecule has 7 nitrogen and oxygen atoms in total. The number of nitrogens with zero attached hydrogens (tertiary/aromatic N) is 3. The van der Waals surface area contributed by atoms with Gasteiger partial charge in [0, 0.05) is 40.4 Å². The van der Waals surface area contributed by atoms with Crippen LogP contribution in [0.3, 0.4) is 0 Å². The Morgan fingerprint density at radius 3 is 2.64 bits per heavy atom. The van der Waals surface area contributed by atoms with Crippen molar-refractivity contribution in [3.8, 4) is 0 Å². The fourth-order valence-corrected chi connectivity index (χ4v) is 2.88. The Bertz CT molecular complexity index is 882. The van der Waals surface area contributed by atoms with Crippen LogP contribution in [-0.2, 0) is 5.72 Å². The van der Waals surface area contributed by atoms with Crippen LogP contribution in [0.1, 0.15) is 29.3 Å². The zero-order chi connectivity index (χ0) is 18.2. The molecule has 0 radical (unpaired) electrons. The number of aliphatic hydroxyl groups is 1. The first-order valence-corrected chi connectivity index (χ1v) is 7.80. The van der Waals surface area contributed by atoms with Gasteiger partial charge in [-0.2, -0.15) is 10.1 Å². The molecule has 1 aliphatic heterocycles. The second kappa shape index (κ2) is 6.27. The highest BCUT2D eigenvalue weighted by molar-refractivity contribution is 6.30. The Hall–Kier alpha value is -2.77. The Morgan fingerprint density at radius 2 is 2.00 bits per heavy atom. The van der Waals surface area contributed by atoms with Crippen LogP contribution in [0.5, 0.6) is 0 Å². The number of non-ortho nitro benzene ring substituents is 1. The van der Waals surface area contributed by atoms with Crippen molar-refractivity contribution in [1.82, 2.24) is 5.01 Å². The number of hydrazone groups is 1. The molecule has 25 heavy (non-hydrogen) atoms. The van der Waals surface area contributed by atoms with Crippen molar-refractivity contribution in [2.24, 2.45) is 5.10 Å². The minimum Gasteiger partial charge on any atom is -0.365 e. The van der Waals surface area contributed by atoms with Crippen molar-refractivity contribution >= 4 is 28.9 Å². The van der Waals surface area contributed by atoms with Gasteiger partial charge >= 0.3 is 0 Å². The highest BCUT2D eigenvalue weighted by Gasteiger charge is 2.45. The second-order valence-corrected chi connectivity index (χ2v) is 6.20. The normalized spacial score (nSPS) is 19.6. The van der Waals surface area contributed by atoms with E-state index < -0.39 is 16.6 Å². The molecule has 0 fully saturated rings. The lowest BCUT2D eigenvalue weighted by atomic mass is 9.97. The number of rotatable bonds is 3. The van der Waals surface area contributed by atoms with Crippen molar-refractivity contribution in [2.45, 2.75) is 19.1 Å². The van der Waals surface area contributed by atoms with Crippen molar-refractivity contribution in [1.29, 1.82) is 0 Å². The van der Waals surface area contributed by atoms with E-state index in [1.807, 2.05) is 0 Å². The predicted octanol–water partition coefficient (Wildman–Crippen LogP) is 3.32. The lowest BCUT2D eigenvalue weighted by molar-refractivity contribution is -0.384. The Labute approximate surface area is 148 Å². The van der Waals surface area contributed by atoms with Crippen LogP contribution in [0.25, 0.3) is 0 Å². The minimum atomic E-state index is -1.67. The summed E-state index contributed by atoms with van der Waals surface area (Å²) in [5.74, 6) is -0.627. The number of nitro groups is 1. The van der Waals surface area contributed by atoms with Gasteiger partial charge in [0.25, 0.3) is 11.6 Å². The summed E-state index contributed by atoms with van der Waals surface area (Å²) in [6.45, 7) is 1.70. The average Bonchev–Trinajstić information content (AvgIpc) is 2.90. The van der Waals surface area contributed by atoms with E-state index in [4.69, 9.17) is 11.6 Å². The number of hydrogen-bond acceptors (Lipinski definition) is 5. The zero-order valence-electron chi connectivity index (χ0n) is 13.2. The van der Waals surface area contributed by atoms with Gasteiger partial charge in [-0.25, -0.2) is 0 Å². The third-order valence-electron chi connectivity index (χ3n) is 3.93. The van der Waals surface area contributed by atoms with E-state index in [-0.39, 0.29) is 17.7 Å². The van der Waals surface area contributed by atoms with E-state index in [2.05, 4.69) is 5.10 Å². The van der Waals surface area contributed by atoms with Gasteiger partial charge in [-0.15, -0.1) is 0 Å². The first kappa shape index (κ1) is 17.1. The summed E-state index contributed by atoms with van der Waals surface area (Å²) in [5.41, 5.74) is -0.788. The van der Waals surface area contributed by atoms with E-state index in [1.54, 1.807) is 31.2 Å². The SMILES string of the molecule is CC1=NN(C(=O)c2cccc([N+](=O)[O-])c2)[C@@](O)(c2ccc(Cl)cc2)C1. The molecule has 0 saturated carbocycles. The number of hydrogen-bond donors (Lipinski definition) is 1. The number of carbonyl (C=O) groups excluding carboxylic acids is 1. The second-order valence-electron chi connectivity index (χ2n) is 5.76. The van der Waals surface area contributed by atoms with Crippen molar-refractivity contribution in [2.75, 3.05) is 0 Å². The molecule has 8 heteroatoms. The number of halogens is 1. The molecule has 3 rings (SSSR count). The molecule has 2 aromatic carbocycles. The summed E-state index contributed by atoms with van der Waals surface area (Å²) in [7, 11) is 0. The van der Waals surface area contributed by atoms with Gasteiger partial charge in [-0.1, -0.05) is 29.8 Å². The molecule has 1 heterocycles. The summed E-state index contributed by atoms with van der Waals surface area (Å²) in [4.78, 5) is 23.2. The summed E-state index contributed by atoms with van der Waals surface area (Å²) in [5, 5.41) is 27.6. The quantitative estimate of drug-likeness (QED) is 0.671. The van der Waals surface area contributed by atoms with Gasteiger partial charge < -0.3 is 5.11 Å². The lowest BCUT2D eigenvalue weighted by Gasteiger charge is -2.31. The van der Waals surface area contributed by atoms with Crippen molar-refractivity contribution in [3.05, 3.63) is 74.8 Å². The highest BCUT2D eigenvalue weighted by atomic mass is 35.5. The predicted molar refractivity (Wildman–Crippen MR) is 92.3 cm³/mol. The van der Waals surface area contributed by atoms with Gasteiger partial charge in [-0.3, -0.25) is 14.9 Å². The number of nitro benzene ring substituents is 1. The van der Waals surface area contributed by atoms with Gasteiger partial charge in [0.15, 0.2) is 5.72 Å². The Morgan fingerprint density at radius 1 is 1.32 bits per heavy atom. The fourth-order valence-electron chi connectivity index (χ4n) is 2.75. The first-order chi connectivity index (χ1) is 11.8. The van der Waals surface area contributed by atoms with Crippen LogP contribution in [0.4, 0.5) is 5.69 Å².